The van der Waals surface area contributed by atoms with Crippen LogP contribution in [0.25, 0.3) is 10.9 Å². The van der Waals surface area contributed by atoms with Gasteiger partial charge in [-0.2, -0.15) is 0 Å². The highest BCUT2D eigenvalue weighted by Gasteiger charge is 2.15. The second-order valence-electron chi connectivity index (χ2n) is 4.59. The van der Waals surface area contributed by atoms with E-state index in [4.69, 9.17) is 0 Å². The fraction of sp³-hybridized carbons (Fsp3) is 0.357. The summed E-state index contributed by atoms with van der Waals surface area (Å²) in [5, 5.41) is 14.0. The number of nitrogens with zero attached hydrogens (tertiary/aromatic N) is 1. The number of fused-ring (bicyclic) bond motifs is 1. The van der Waals surface area contributed by atoms with E-state index < -0.39 is 0 Å². The van der Waals surface area contributed by atoms with E-state index in [1.807, 2.05) is 24.3 Å². The van der Waals surface area contributed by atoms with Gasteiger partial charge in [0.1, 0.15) is 0 Å². The number of halogens is 1. The van der Waals surface area contributed by atoms with Crippen molar-refractivity contribution in [3.8, 4) is 0 Å². The number of nitrogens with one attached hydrogen (secondary N) is 1. The van der Waals surface area contributed by atoms with Gasteiger partial charge in [-0.25, -0.2) is 0 Å². The molecule has 2 N–H and O–H groups in total. The van der Waals surface area contributed by atoms with Gasteiger partial charge in [-0.1, -0.05) is 41.9 Å². The first-order valence-electron chi connectivity index (χ1n) is 6.03. The first-order valence-corrected chi connectivity index (χ1v) is 6.83. The largest absolute Gasteiger partial charge is 0.394 e. The van der Waals surface area contributed by atoms with Crippen LogP contribution in [-0.4, -0.2) is 22.7 Å². The normalized spacial score (nSPS) is 13.2. The molecule has 1 atom stereocenters. The Morgan fingerprint density at radius 2 is 2.11 bits per heavy atom. The molecular formula is C14H17BrN2O. The first kappa shape index (κ1) is 13.5. The third-order valence-electron chi connectivity index (χ3n) is 2.84. The second kappa shape index (κ2) is 5.78. The summed E-state index contributed by atoms with van der Waals surface area (Å²) < 4.78 is 1.02. The summed E-state index contributed by atoms with van der Waals surface area (Å²) in [5.74, 6) is 0. The molecule has 1 aromatic carbocycles. The van der Waals surface area contributed by atoms with E-state index in [0.717, 1.165) is 20.9 Å². The number of hydrogen-bond acceptors (Lipinski definition) is 3. The van der Waals surface area contributed by atoms with Crippen molar-refractivity contribution in [2.45, 2.75) is 25.9 Å². The van der Waals surface area contributed by atoms with E-state index >= 15 is 0 Å². The summed E-state index contributed by atoms with van der Waals surface area (Å²) in [6.07, 6.45) is 1.78. The molecule has 0 radical (unpaired) electrons. The summed E-state index contributed by atoms with van der Waals surface area (Å²) in [5.41, 5.74) is 1.96. The predicted molar refractivity (Wildman–Crippen MR) is 77.5 cm³/mol. The molecule has 4 heteroatoms. The molecule has 2 aromatic rings. The standard InChI is InChI=1S/C14H17BrN2O/c1-9(2)17-13(8-18)11-5-6-12(15)10-4-3-7-16-14(10)11/h3-7,9,13,17-18H,8H2,1-2H3. The molecule has 1 heterocycles. The van der Waals surface area contributed by atoms with Gasteiger partial charge in [0.25, 0.3) is 0 Å². The maximum absolute atomic E-state index is 9.56. The number of aliphatic hydroxyl groups is 1. The van der Waals surface area contributed by atoms with Gasteiger partial charge >= 0.3 is 0 Å². The molecule has 0 saturated carbocycles. The molecule has 0 bridgehead atoms. The number of pyridine rings is 1. The van der Waals surface area contributed by atoms with Crippen molar-refractivity contribution < 1.29 is 5.11 Å². The zero-order valence-electron chi connectivity index (χ0n) is 10.5. The van der Waals surface area contributed by atoms with E-state index in [-0.39, 0.29) is 12.6 Å². The van der Waals surface area contributed by atoms with Gasteiger partial charge in [0.05, 0.1) is 18.2 Å². The minimum absolute atomic E-state index is 0.0610. The Morgan fingerprint density at radius 1 is 1.33 bits per heavy atom. The third kappa shape index (κ3) is 2.71. The molecule has 0 aliphatic carbocycles. The van der Waals surface area contributed by atoms with E-state index in [1.165, 1.54) is 0 Å². The minimum Gasteiger partial charge on any atom is -0.394 e. The summed E-state index contributed by atoms with van der Waals surface area (Å²) in [4.78, 5) is 4.44. The van der Waals surface area contributed by atoms with Crippen LogP contribution in [0.15, 0.2) is 34.9 Å². The van der Waals surface area contributed by atoms with Crippen molar-refractivity contribution >= 4 is 26.8 Å². The smallest absolute Gasteiger partial charge is 0.0761 e. The molecule has 0 aliphatic rings. The average molecular weight is 309 g/mol. The Hall–Kier alpha value is -0.970. The summed E-state index contributed by atoms with van der Waals surface area (Å²) in [7, 11) is 0. The lowest BCUT2D eigenvalue weighted by atomic mass is 10.0. The Balaban J connectivity index is 2.53. The zero-order chi connectivity index (χ0) is 13.1. The van der Waals surface area contributed by atoms with Gasteiger partial charge in [0.2, 0.25) is 0 Å². The van der Waals surface area contributed by atoms with Gasteiger partial charge in [0, 0.05) is 22.1 Å². The SMILES string of the molecule is CC(C)NC(CO)c1ccc(Br)c2cccnc12. The highest BCUT2D eigenvalue weighted by molar-refractivity contribution is 9.10. The summed E-state index contributed by atoms with van der Waals surface area (Å²) in [6, 6.07) is 8.18. The van der Waals surface area contributed by atoms with Gasteiger partial charge < -0.3 is 10.4 Å². The number of aliphatic hydroxyl groups excluding tert-OH is 1. The molecule has 0 amide bonds. The van der Waals surface area contributed by atoms with E-state index in [1.54, 1.807) is 6.20 Å². The molecule has 2 rings (SSSR count). The molecule has 0 spiro atoms. The van der Waals surface area contributed by atoms with Crippen molar-refractivity contribution in [2.24, 2.45) is 0 Å². The Kier molecular flexibility index (Phi) is 4.32. The molecule has 1 aromatic heterocycles. The van der Waals surface area contributed by atoms with Gasteiger partial charge in [-0.05, 0) is 17.7 Å². The lowest BCUT2D eigenvalue weighted by Gasteiger charge is -2.21. The van der Waals surface area contributed by atoms with Gasteiger partial charge in [-0.3, -0.25) is 4.98 Å². The van der Waals surface area contributed by atoms with Crippen LogP contribution in [0.3, 0.4) is 0 Å². The molecule has 1 unspecified atom stereocenters. The van der Waals surface area contributed by atoms with Crippen molar-refractivity contribution in [1.29, 1.82) is 0 Å². The van der Waals surface area contributed by atoms with Crippen LogP contribution in [0.4, 0.5) is 0 Å². The summed E-state index contributed by atoms with van der Waals surface area (Å²) in [6.45, 7) is 4.19. The highest BCUT2D eigenvalue weighted by atomic mass is 79.9. The van der Waals surface area contributed by atoms with Crippen molar-refractivity contribution in [1.82, 2.24) is 10.3 Å². The zero-order valence-corrected chi connectivity index (χ0v) is 12.1. The lowest BCUT2D eigenvalue weighted by molar-refractivity contribution is 0.238. The number of aromatic nitrogens is 1. The topological polar surface area (TPSA) is 45.1 Å². The highest BCUT2D eigenvalue weighted by Crippen LogP contribution is 2.28. The molecule has 96 valence electrons. The number of benzene rings is 1. The summed E-state index contributed by atoms with van der Waals surface area (Å²) >= 11 is 3.53. The van der Waals surface area contributed by atoms with Crippen molar-refractivity contribution in [3.63, 3.8) is 0 Å². The lowest BCUT2D eigenvalue weighted by Crippen LogP contribution is -2.30. The molecule has 3 nitrogen and oxygen atoms in total. The minimum atomic E-state index is -0.0875. The molecule has 0 fully saturated rings. The van der Waals surface area contributed by atoms with Crippen LogP contribution < -0.4 is 5.32 Å². The van der Waals surface area contributed by atoms with E-state index in [0.29, 0.717) is 6.04 Å². The van der Waals surface area contributed by atoms with Crippen LogP contribution in [0.2, 0.25) is 0 Å². The maximum Gasteiger partial charge on any atom is 0.0761 e. The van der Waals surface area contributed by atoms with Gasteiger partial charge in [-0.15, -0.1) is 0 Å². The number of hydrogen-bond donors (Lipinski definition) is 2. The monoisotopic (exact) mass is 308 g/mol. The fourth-order valence-electron chi connectivity index (χ4n) is 2.08. The van der Waals surface area contributed by atoms with Crippen LogP contribution in [0.5, 0.6) is 0 Å². The maximum atomic E-state index is 9.56. The Bertz CT molecular complexity index is 542. The predicted octanol–water partition coefficient (Wildman–Crippen LogP) is 3.03. The Labute approximate surface area is 115 Å². The molecular weight excluding hydrogens is 292 g/mol. The van der Waals surface area contributed by atoms with Crippen molar-refractivity contribution in [2.75, 3.05) is 6.61 Å². The second-order valence-corrected chi connectivity index (χ2v) is 5.45. The van der Waals surface area contributed by atoms with Crippen LogP contribution >= 0.6 is 15.9 Å². The molecule has 0 aliphatic heterocycles. The molecule has 18 heavy (non-hydrogen) atoms. The van der Waals surface area contributed by atoms with Crippen LogP contribution in [-0.2, 0) is 0 Å². The quantitative estimate of drug-likeness (QED) is 0.912. The Morgan fingerprint density at radius 3 is 2.78 bits per heavy atom. The van der Waals surface area contributed by atoms with Crippen molar-refractivity contribution in [3.05, 3.63) is 40.5 Å². The van der Waals surface area contributed by atoms with E-state index in [9.17, 15) is 5.11 Å². The molecule has 0 saturated heterocycles. The average Bonchev–Trinajstić information content (AvgIpc) is 2.37. The third-order valence-corrected chi connectivity index (χ3v) is 3.53. The number of rotatable bonds is 4. The van der Waals surface area contributed by atoms with Gasteiger partial charge in [0.15, 0.2) is 0 Å². The van der Waals surface area contributed by atoms with E-state index in [2.05, 4.69) is 40.1 Å². The van der Waals surface area contributed by atoms with Crippen LogP contribution in [0, 0.1) is 0 Å². The first-order chi connectivity index (χ1) is 8.63. The fourth-order valence-corrected chi connectivity index (χ4v) is 2.54. The van der Waals surface area contributed by atoms with Crippen LogP contribution in [0.1, 0.15) is 25.5 Å².